The molecule has 1 aromatic carbocycles. The van der Waals surface area contributed by atoms with E-state index in [-0.39, 0.29) is 46.3 Å². The lowest BCUT2D eigenvalue weighted by molar-refractivity contribution is -0.137. The average Bonchev–Trinajstić information content (AvgIpc) is 3.73. The van der Waals surface area contributed by atoms with Gasteiger partial charge in [-0.15, -0.1) is 5.10 Å². The molecule has 0 atom stereocenters. The number of ether oxygens (including phenoxy) is 1. The highest BCUT2D eigenvalue weighted by Gasteiger charge is 2.32. The third-order valence-corrected chi connectivity index (χ3v) is 8.25. The van der Waals surface area contributed by atoms with E-state index in [1.807, 2.05) is 11.8 Å². The maximum atomic E-state index is 14.1. The zero-order valence-electron chi connectivity index (χ0n) is 26.4. The van der Waals surface area contributed by atoms with Gasteiger partial charge in [-0.2, -0.15) is 27.8 Å². The number of piperazine rings is 1. The number of methoxy groups -OCH3 is 1. The first-order chi connectivity index (χ1) is 23.4. The van der Waals surface area contributed by atoms with E-state index >= 15 is 0 Å². The number of aryl methyl sites for hydroxylation is 1. The van der Waals surface area contributed by atoms with Gasteiger partial charge >= 0.3 is 12.2 Å². The van der Waals surface area contributed by atoms with Gasteiger partial charge in [0.1, 0.15) is 12.2 Å². The molecule has 49 heavy (non-hydrogen) atoms. The molecule has 0 bridgehead atoms. The largest absolute Gasteiger partial charge is 0.467 e. The van der Waals surface area contributed by atoms with Crippen LogP contribution in [0.1, 0.15) is 28.5 Å². The molecule has 0 unspecified atom stereocenters. The Kier molecular flexibility index (Phi) is 8.98. The predicted molar refractivity (Wildman–Crippen MR) is 171 cm³/mol. The molecule has 256 valence electrons. The second kappa shape index (κ2) is 13.2. The van der Waals surface area contributed by atoms with E-state index < -0.39 is 29.8 Å². The normalized spacial score (nSPS) is 13.6. The summed E-state index contributed by atoms with van der Waals surface area (Å²) in [6.45, 7) is 2.66. The summed E-state index contributed by atoms with van der Waals surface area (Å²) in [5.74, 6) is -0.684. The van der Waals surface area contributed by atoms with Crippen molar-refractivity contribution in [2.75, 3.05) is 43.5 Å². The molecule has 6 rings (SSSR count). The molecule has 2 amide bonds. The van der Waals surface area contributed by atoms with Gasteiger partial charge in [0.15, 0.2) is 5.82 Å². The number of amides is 2. The molecule has 4 aromatic heterocycles. The molecule has 1 saturated heterocycles. The smallest absolute Gasteiger partial charge is 0.416 e. The van der Waals surface area contributed by atoms with Crippen molar-refractivity contribution in [3.63, 3.8) is 0 Å². The minimum atomic E-state index is -4.61. The summed E-state index contributed by atoms with van der Waals surface area (Å²) in [5.41, 5.74) is 0.0754. The molecule has 5 heterocycles. The Morgan fingerprint density at radius 3 is 2.39 bits per heavy atom. The van der Waals surface area contributed by atoms with Crippen molar-refractivity contribution in [3.8, 4) is 17.4 Å². The Balaban J connectivity index is 1.37. The number of hydrogen-bond donors (Lipinski definition) is 1. The zero-order valence-corrected chi connectivity index (χ0v) is 27.2. The van der Waals surface area contributed by atoms with Gasteiger partial charge in [-0.25, -0.2) is 9.97 Å². The molecule has 5 aromatic rings. The van der Waals surface area contributed by atoms with E-state index in [0.717, 1.165) is 22.7 Å². The summed E-state index contributed by atoms with van der Waals surface area (Å²) >= 11 is 6.10. The monoisotopic (exact) mass is 699 g/mol. The van der Waals surface area contributed by atoms with Gasteiger partial charge in [-0.3, -0.25) is 19.1 Å². The summed E-state index contributed by atoms with van der Waals surface area (Å²) in [6, 6.07) is 2.73. The fourth-order valence-corrected chi connectivity index (χ4v) is 5.79. The molecule has 0 saturated carbocycles. The SMILES string of the molecule is CCc1c(N2CCN(C(=O)c3cnn(C)c3)CC2)c(=O)n2nc(-c3cnc(OC)nc3)nc2n1CC(=O)Nc1ccc(C(F)(F)F)cc1Cl. The molecule has 0 radical (unpaired) electrons. The summed E-state index contributed by atoms with van der Waals surface area (Å²) in [5, 5.41) is 10.8. The van der Waals surface area contributed by atoms with Crippen molar-refractivity contribution in [2.45, 2.75) is 26.1 Å². The highest BCUT2D eigenvalue weighted by atomic mass is 35.5. The van der Waals surface area contributed by atoms with E-state index in [2.05, 4.69) is 30.5 Å². The van der Waals surface area contributed by atoms with Gasteiger partial charge < -0.3 is 24.4 Å². The fourth-order valence-electron chi connectivity index (χ4n) is 5.56. The Morgan fingerprint density at radius 2 is 1.80 bits per heavy atom. The lowest BCUT2D eigenvalue weighted by Gasteiger charge is -2.36. The Hall–Kier alpha value is -5.52. The summed E-state index contributed by atoms with van der Waals surface area (Å²) in [7, 11) is 3.13. The average molecular weight is 700 g/mol. The van der Waals surface area contributed by atoms with E-state index in [9.17, 15) is 27.6 Å². The van der Waals surface area contributed by atoms with Crippen molar-refractivity contribution < 1.29 is 27.5 Å². The Labute approximate surface area is 280 Å². The number of alkyl halides is 3. The molecular formula is C30H29ClF3N11O4. The summed E-state index contributed by atoms with van der Waals surface area (Å²) < 4.78 is 48.7. The minimum Gasteiger partial charge on any atom is -0.467 e. The fraction of sp³-hybridized carbons (Fsp3) is 0.333. The van der Waals surface area contributed by atoms with Crippen molar-refractivity contribution in [3.05, 3.63) is 75.2 Å². The van der Waals surface area contributed by atoms with Gasteiger partial charge in [0.05, 0.1) is 46.4 Å². The van der Waals surface area contributed by atoms with E-state index in [1.54, 1.807) is 22.8 Å². The van der Waals surface area contributed by atoms with Gasteiger partial charge in [-0.1, -0.05) is 18.5 Å². The van der Waals surface area contributed by atoms with Gasteiger partial charge in [0, 0.05) is 51.8 Å². The minimum absolute atomic E-state index is 0.0260. The Bertz CT molecular complexity index is 2100. The first kappa shape index (κ1) is 33.4. The number of nitrogens with zero attached hydrogens (tertiary/aromatic N) is 10. The lowest BCUT2D eigenvalue weighted by Crippen LogP contribution is -2.50. The number of fused-ring (bicyclic) bond motifs is 1. The second-order valence-electron chi connectivity index (χ2n) is 11.1. The molecule has 1 aliphatic heterocycles. The van der Waals surface area contributed by atoms with Crippen LogP contribution in [-0.4, -0.2) is 88.9 Å². The number of nitrogens with one attached hydrogen (secondary N) is 1. The third kappa shape index (κ3) is 6.63. The van der Waals surface area contributed by atoms with Crippen LogP contribution < -0.4 is 20.5 Å². The molecule has 1 N–H and O–H groups in total. The van der Waals surface area contributed by atoms with Crippen molar-refractivity contribution in [1.29, 1.82) is 0 Å². The number of hydrogen-bond acceptors (Lipinski definition) is 10. The van der Waals surface area contributed by atoms with Crippen molar-refractivity contribution >= 4 is 40.6 Å². The zero-order chi connectivity index (χ0) is 35.0. The number of aromatic nitrogens is 8. The van der Waals surface area contributed by atoms with Crippen LogP contribution in [0.25, 0.3) is 17.2 Å². The van der Waals surface area contributed by atoms with Crippen molar-refractivity contribution in [1.82, 2.24) is 43.8 Å². The maximum absolute atomic E-state index is 14.1. The van der Waals surface area contributed by atoms with Crippen LogP contribution >= 0.6 is 11.6 Å². The van der Waals surface area contributed by atoms with E-state index in [4.69, 9.17) is 16.3 Å². The van der Waals surface area contributed by atoms with Gasteiger partial charge in [0.25, 0.3) is 11.5 Å². The standard InChI is InChI=1S/C30H29ClF3N11O4/c1-4-22-24(42-7-9-43(10-8-42)26(47)18-14-37-41(2)15-18)27(48)45-29(39-25(40-45)17-12-35-28(49-3)36-13-17)44(22)16-23(46)38-21-6-5-19(11-20(21)31)30(32,33)34/h5-6,11-15H,4,7-10,16H2,1-3H3,(H,38,46). The first-order valence-electron chi connectivity index (χ1n) is 15.0. The molecule has 19 heteroatoms. The Morgan fingerprint density at radius 1 is 1.08 bits per heavy atom. The quantitative estimate of drug-likeness (QED) is 0.255. The molecule has 0 aliphatic carbocycles. The molecule has 1 fully saturated rings. The highest BCUT2D eigenvalue weighted by Crippen LogP contribution is 2.34. The molecule has 15 nitrogen and oxygen atoms in total. The molecular weight excluding hydrogens is 671 g/mol. The van der Waals surface area contributed by atoms with Crippen LogP contribution in [0.15, 0.2) is 47.8 Å². The van der Waals surface area contributed by atoms with Crippen molar-refractivity contribution in [2.24, 2.45) is 7.05 Å². The van der Waals surface area contributed by atoms with Gasteiger partial charge in [0.2, 0.25) is 11.7 Å². The number of benzene rings is 1. The van der Waals surface area contributed by atoms with Crippen LogP contribution in [0.4, 0.5) is 24.5 Å². The second-order valence-corrected chi connectivity index (χ2v) is 11.5. The first-order valence-corrected chi connectivity index (χ1v) is 15.3. The summed E-state index contributed by atoms with van der Waals surface area (Å²) in [6.07, 6.45) is 1.66. The number of halogens is 4. The molecule has 0 spiro atoms. The van der Waals surface area contributed by atoms with Crippen LogP contribution in [0.2, 0.25) is 5.02 Å². The number of rotatable bonds is 8. The van der Waals surface area contributed by atoms with Crippen LogP contribution in [0.5, 0.6) is 6.01 Å². The third-order valence-electron chi connectivity index (χ3n) is 7.94. The van der Waals surface area contributed by atoms with Crippen LogP contribution in [0.3, 0.4) is 0 Å². The predicted octanol–water partition coefficient (Wildman–Crippen LogP) is 2.93. The van der Waals surface area contributed by atoms with Gasteiger partial charge in [-0.05, 0) is 24.6 Å². The number of anilines is 2. The van der Waals surface area contributed by atoms with E-state index in [0.29, 0.717) is 43.0 Å². The number of carbonyl (C=O) groups is 2. The van der Waals surface area contributed by atoms with E-state index in [1.165, 1.54) is 30.3 Å². The highest BCUT2D eigenvalue weighted by molar-refractivity contribution is 6.33. The maximum Gasteiger partial charge on any atom is 0.416 e. The number of carbonyl (C=O) groups excluding carboxylic acids is 2. The topological polar surface area (TPSA) is 158 Å². The lowest BCUT2D eigenvalue weighted by atomic mass is 10.2. The summed E-state index contributed by atoms with van der Waals surface area (Å²) in [4.78, 5) is 56.9. The van der Waals surface area contributed by atoms with Crippen LogP contribution in [-0.2, 0) is 31.0 Å². The molecule has 1 aliphatic rings. The van der Waals surface area contributed by atoms with Crippen LogP contribution in [0, 0.1) is 0 Å².